The van der Waals surface area contributed by atoms with Crippen LogP contribution in [0.1, 0.15) is 43.7 Å². The Hall–Kier alpha value is -1.19. The molecule has 1 aromatic rings. The Balaban J connectivity index is 1.75. The lowest BCUT2D eigenvalue weighted by Crippen LogP contribution is -2.45. The number of imidazole rings is 1. The summed E-state index contributed by atoms with van der Waals surface area (Å²) in [5.74, 6) is 9.87. The van der Waals surface area contributed by atoms with Crippen molar-refractivity contribution in [3.8, 4) is 0 Å². The number of hydrogen-bond acceptors (Lipinski definition) is 2. The van der Waals surface area contributed by atoms with Crippen molar-refractivity contribution in [3.63, 3.8) is 0 Å². The lowest BCUT2D eigenvalue weighted by Gasteiger charge is -2.54. The van der Waals surface area contributed by atoms with Crippen LogP contribution in [0.4, 0.5) is 0 Å². The van der Waals surface area contributed by atoms with Crippen LogP contribution in [0.15, 0.2) is 11.0 Å². The fraction of sp³-hybridized carbons (Fsp3) is 0.769. The van der Waals surface area contributed by atoms with Gasteiger partial charge in [-0.25, -0.2) is 9.47 Å². The molecule has 4 fully saturated rings. The second-order valence-electron chi connectivity index (χ2n) is 6.35. The van der Waals surface area contributed by atoms with Gasteiger partial charge in [0.1, 0.15) is 0 Å². The highest BCUT2D eigenvalue weighted by atomic mass is 16.1. The summed E-state index contributed by atoms with van der Waals surface area (Å²) in [7, 11) is 0. The number of aromatic amines is 1. The van der Waals surface area contributed by atoms with Gasteiger partial charge in [0.25, 0.3) is 0 Å². The number of nitrogen functional groups attached to an aromatic ring is 1. The third-order valence-corrected chi connectivity index (χ3v) is 5.41. The molecule has 0 aliphatic heterocycles. The van der Waals surface area contributed by atoms with E-state index in [1.807, 2.05) is 6.20 Å². The van der Waals surface area contributed by atoms with Crippen LogP contribution in [0.5, 0.6) is 0 Å². The fourth-order valence-electron chi connectivity index (χ4n) is 5.06. The molecule has 1 aromatic heterocycles. The maximum atomic E-state index is 11.5. The van der Waals surface area contributed by atoms with Gasteiger partial charge in [-0.2, -0.15) is 0 Å². The number of nitrogens with one attached hydrogen (secondary N) is 1. The van der Waals surface area contributed by atoms with Crippen molar-refractivity contribution in [2.75, 3.05) is 5.84 Å². The average molecular weight is 233 g/mol. The Morgan fingerprint density at radius 2 is 1.71 bits per heavy atom. The quantitative estimate of drug-likeness (QED) is 0.721. The van der Waals surface area contributed by atoms with Crippen LogP contribution in [0.3, 0.4) is 0 Å². The summed E-state index contributed by atoms with van der Waals surface area (Å²) in [4.78, 5) is 14.2. The Labute approximate surface area is 100 Å². The van der Waals surface area contributed by atoms with Crippen LogP contribution < -0.4 is 11.5 Å². The van der Waals surface area contributed by atoms with Gasteiger partial charge >= 0.3 is 5.69 Å². The third-order valence-electron chi connectivity index (χ3n) is 5.41. The van der Waals surface area contributed by atoms with Crippen molar-refractivity contribution in [2.45, 2.75) is 38.0 Å². The standard InChI is InChI=1S/C13H19N3O/c14-16-11(6-15-13(16)17)12-9-2-7-1-8(4-9)5-10(12)3-7/h6-10,12H,1-5,14H2,(H,15,17). The summed E-state index contributed by atoms with van der Waals surface area (Å²) in [5, 5.41) is 0. The van der Waals surface area contributed by atoms with Crippen molar-refractivity contribution in [2.24, 2.45) is 23.7 Å². The van der Waals surface area contributed by atoms with Crippen LogP contribution in [0.25, 0.3) is 0 Å². The lowest BCUT2D eigenvalue weighted by molar-refractivity contribution is -0.00490. The molecule has 4 aliphatic rings. The van der Waals surface area contributed by atoms with Crippen molar-refractivity contribution < 1.29 is 0 Å². The molecule has 4 aliphatic carbocycles. The van der Waals surface area contributed by atoms with E-state index in [-0.39, 0.29) is 5.69 Å². The van der Waals surface area contributed by atoms with E-state index in [1.54, 1.807) is 0 Å². The van der Waals surface area contributed by atoms with Crippen LogP contribution in [-0.2, 0) is 0 Å². The summed E-state index contributed by atoms with van der Waals surface area (Å²) < 4.78 is 1.34. The number of H-pyrrole nitrogens is 1. The van der Waals surface area contributed by atoms with Crippen LogP contribution in [0.2, 0.25) is 0 Å². The summed E-state index contributed by atoms with van der Waals surface area (Å²) in [5.41, 5.74) is 0.873. The summed E-state index contributed by atoms with van der Waals surface area (Å²) in [6.45, 7) is 0. The first-order valence-corrected chi connectivity index (χ1v) is 6.77. The first-order chi connectivity index (χ1) is 8.22. The van der Waals surface area contributed by atoms with Gasteiger partial charge in [0, 0.05) is 12.1 Å². The van der Waals surface area contributed by atoms with E-state index in [4.69, 9.17) is 5.84 Å². The Morgan fingerprint density at radius 3 is 2.18 bits per heavy atom. The minimum Gasteiger partial charge on any atom is -0.335 e. The van der Waals surface area contributed by atoms with Crippen molar-refractivity contribution in [3.05, 3.63) is 22.4 Å². The van der Waals surface area contributed by atoms with E-state index >= 15 is 0 Å². The second kappa shape index (κ2) is 3.18. The number of nitrogens with zero attached hydrogens (tertiary/aromatic N) is 1. The Kier molecular flexibility index (Phi) is 1.83. The fourth-order valence-corrected chi connectivity index (χ4v) is 5.06. The molecular formula is C13H19N3O. The first-order valence-electron chi connectivity index (χ1n) is 6.77. The SMILES string of the molecule is Nn1c(C2C3CC4CC(C3)CC2C4)c[nH]c1=O. The van der Waals surface area contributed by atoms with Crippen molar-refractivity contribution in [1.82, 2.24) is 9.66 Å². The summed E-state index contributed by atoms with van der Waals surface area (Å²) in [6.07, 6.45) is 8.74. The molecule has 4 heteroatoms. The number of rotatable bonds is 1. The van der Waals surface area contributed by atoms with E-state index in [0.717, 1.165) is 29.4 Å². The van der Waals surface area contributed by atoms with E-state index in [2.05, 4.69) is 4.98 Å². The molecule has 0 unspecified atom stereocenters. The number of hydrogen-bond donors (Lipinski definition) is 2. The van der Waals surface area contributed by atoms with E-state index in [9.17, 15) is 4.79 Å². The molecule has 0 aromatic carbocycles. The molecule has 0 spiro atoms. The molecule has 92 valence electrons. The zero-order valence-corrected chi connectivity index (χ0v) is 9.93. The summed E-state index contributed by atoms with van der Waals surface area (Å²) in [6, 6.07) is 0. The van der Waals surface area contributed by atoms with E-state index in [0.29, 0.717) is 5.92 Å². The molecule has 5 rings (SSSR count). The van der Waals surface area contributed by atoms with Crippen LogP contribution >= 0.6 is 0 Å². The van der Waals surface area contributed by atoms with Gasteiger partial charge in [-0.1, -0.05) is 0 Å². The first kappa shape index (κ1) is 9.80. The predicted octanol–water partition coefficient (Wildman–Crippen LogP) is 1.43. The normalized spacial score (nSPS) is 43.2. The van der Waals surface area contributed by atoms with E-state index < -0.39 is 0 Å². The molecule has 0 atom stereocenters. The highest BCUT2D eigenvalue weighted by Gasteiger charge is 2.49. The van der Waals surface area contributed by atoms with Gasteiger partial charge in [-0.05, 0) is 55.8 Å². The van der Waals surface area contributed by atoms with Gasteiger partial charge in [0.2, 0.25) is 0 Å². The topological polar surface area (TPSA) is 63.8 Å². The zero-order chi connectivity index (χ0) is 11.6. The molecule has 1 heterocycles. The molecule has 4 saturated carbocycles. The van der Waals surface area contributed by atoms with Crippen LogP contribution in [0, 0.1) is 23.7 Å². The zero-order valence-electron chi connectivity index (χ0n) is 9.93. The molecule has 0 amide bonds. The monoisotopic (exact) mass is 233 g/mol. The third kappa shape index (κ3) is 1.27. The average Bonchev–Trinajstić information content (AvgIpc) is 2.60. The molecule has 4 nitrogen and oxygen atoms in total. The smallest absolute Gasteiger partial charge is 0.335 e. The second-order valence-corrected chi connectivity index (χ2v) is 6.35. The Bertz CT molecular complexity index is 473. The van der Waals surface area contributed by atoms with Crippen molar-refractivity contribution in [1.29, 1.82) is 0 Å². The molecule has 0 saturated heterocycles. The van der Waals surface area contributed by atoms with Gasteiger partial charge in [0.15, 0.2) is 0 Å². The van der Waals surface area contributed by atoms with Crippen LogP contribution in [-0.4, -0.2) is 9.66 Å². The maximum absolute atomic E-state index is 11.5. The minimum atomic E-state index is -0.172. The summed E-state index contributed by atoms with van der Waals surface area (Å²) >= 11 is 0. The minimum absolute atomic E-state index is 0.172. The molecule has 0 radical (unpaired) electrons. The van der Waals surface area contributed by atoms with Crippen molar-refractivity contribution >= 4 is 0 Å². The highest BCUT2D eigenvalue weighted by molar-refractivity contribution is 5.16. The lowest BCUT2D eigenvalue weighted by atomic mass is 9.51. The maximum Gasteiger partial charge on any atom is 0.344 e. The molecule has 4 bridgehead atoms. The van der Waals surface area contributed by atoms with E-state index in [1.165, 1.54) is 36.8 Å². The molecule has 3 N–H and O–H groups in total. The number of nitrogens with two attached hydrogens (primary N) is 1. The predicted molar refractivity (Wildman–Crippen MR) is 65.0 cm³/mol. The molecular weight excluding hydrogens is 214 g/mol. The largest absolute Gasteiger partial charge is 0.344 e. The van der Waals surface area contributed by atoms with Gasteiger partial charge < -0.3 is 10.8 Å². The van der Waals surface area contributed by atoms with Gasteiger partial charge in [0.05, 0.1) is 5.69 Å². The highest BCUT2D eigenvalue weighted by Crippen LogP contribution is 2.59. The molecule has 17 heavy (non-hydrogen) atoms. The van der Waals surface area contributed by atoms with Gasteiger partial charge in [-0.3, -0.25) is 0 Å². The van der Waals surface area contributed by atoms with Gasteiger partial charge in [-0.15, -0.1) is 0 Å². The Morgan fingerprint density at radius 1 is 1.12 bits per heavy atom. The number of aromatic nitrogens is 2.